The van der Waals surface area contributed by atoms with Crippen molar-refractivity contribution in [1.82, 2.24) is 0 Å². The zero-order chi connectivity index (χ0) is 16.7. The quantitative estimate of drug-likeness (QED) is 0.535. The minimum absolute atomic E-state index is 0.474. The largest absolute Gasteiger partial charge is 0.456 e. The van der Waals surface area contributed by atoms with Crippen LogP contribution in [0.1, 0.15) is 24.8 Å². The fourth-order valence-corrected chi connectivity index (χ4v) is 1.57. The Labute approximate surface area is 113 Å². The minimum Gasteiger partial charge on any atom is -0.456 e. The smallest absolute Gasteiger partial charge is 0.303 e. The Kier molecular flexibility index (Phi) is 3.79. The number of carbonyl (C=O) groups is 3. The number of ether oxygens (including phenoxy) is 4. The molecule has 1 rings (SSSR count). The van der Waals surface area contributed by atoms with Crippen LogP contribution in [0.5, 0.6) is 0 Å². The molecular formula is C11H15FO7. The van der Waals surface area contributed by atoms with E-state index >= 15 is 0 Å². The Bertz CT molecular complexity index is 422. The normalized spacial score (nSPS) is 32.4. The van der Waals surface area contributed by atoms with Crippen molar-refractivity contribution in [1.29, 1.82) is 0 Å². The molecule has 0 aliphatic carbocycles. The molecule has 1 aliphatic heterocycles. The van der Waals surface area contributed by atoms with Crippen molar-refractivity contribution >= 4 is 17.9 Å². The summed E-state index contributed by atoms with van der Waals surface area (Å²) in [6.07, 6.45) is -6.69. The van der Waals surface area contributed by atoms with Gasteiger partial charge >= 0.3 is 17.9 Å². The third-order valence-electron chi connectivity index (χ3n) is 2.19. The van der Waals surface area contributed by atoms with E-state index in [4.69, 9.17) is 13.6 Å². The lowest BCUT2D eigenvalue weighted by Crippen LogP contribution is -2.56. The average molecular weight is 281 g/mol. The average Bonchev–Trinajstić information content (AvgIpc) is 2.52. The van der Waals surface area contributed by atoms with E-state index in [2.05, 4.69) is 9.47 Å². The predicted octanol–water partition coefficient (Wildman–Crippen LogP) is 0.107. The molecule has 108 valence electrons. The second-order valence-electron chi connectivity index (χ2n) is 3.62. The number of hydrogen-bond acceptors (Lipinski definition) is 7. The third-order valence-corrected chi connectivity index (χ3v) is 2.19. The van der Waals surface area contributed by atoms with Gasteiger partial charge in [0, 0.05) is 24.8 Å². The standard InChI is InChI=1S/C11H15FO7/c1-5(13)17-8-4-16-11(12)10(19-7(3)15)9(8)18-6(2)14/h8-11H,4H2,1-3H3/t8-,9+,10-,11?/m1/s1/i1D,2D,3D. The first-order valence-electron chi connectivity index (χ1n) is 7.26. The number of esters is 3. The molecule has 1 saturated heterocycles. The number of hydrogen-bond donors (Lipinski definition) is 0. The van der Waals surface area contributed by atoms with Crippen LogP contribution in [0.2, 0.25) is 0 Å². The van der Waals surface area contributed by atoms with Crippen LogP contribution in [0, 0.1) is 0 Å². The molecule has 1 aliphatic rings. The van der Waals surface area contributed by atoms with Gasteiger partial charge in [0.15, 0.2) is 18.3 Å². The van der Waals surface area contributed by atoms with E-state index in [1.54, 1.807) is 0 Å². The highest BCUT2D eigenvalue weighted by Gasteiger charge is 2.47. The Hall–Kier alpha value is -1.70. The molecule has 8 heteroatoms. The number of rotatable bonds is 3. The summed E-state index contributed by atoms with van der Waals surface area (Å²) in [6, 6.07) is 0. The van der Waals surface area contributed by atoms with Crippen molar-refractivity contribution in [3.8, 4) is 0 Å². The van der Waals surface area contributed by atoms with Crippen LogP contribution in [-0.2, 0) is 33.3 Å². The van der Waals surface area contributed by atoms with Crippen LogP contribution in [-0.4, -0.2) is 49.2 Å². The molecule has 19 heavy (non-hydrogen) atoms. The minimum atomic E-state index is -2.15. The highest BCUT2D eigenvalue weighted by molar-refractivity contribution is 5.68. The molecule has 7 nitrogen and oxygen atoms in total. The topological polar surface area (TPSA) is 88.1 Å². The highest BCUT2D eigenvalue weighted by Crippen LogP contribution is 2.24. The van der Waals surface area contributed by atoms with Crippen LogP contribution < -0.4 is 0 Å². The highest BCUT2D eigenvalue weighted by atomic mass is 19.1. The van der Waals surface area contributed by atoms with Crippen LogP contribution in [0.3, 0.4) is 0 Å². The van der Waals surface area contributed by atoms with Gasteiger partial charge in [0.05, 0.1) is 6.61 Å². The molecule has 0 aromatic heterocycles. The van der Waals surface area contributed by atoms with Gasteiger partial charge in [-0.3, -0.25) is 14.4 Å². The fraction of sp³-hybridized carbons (Fsp3) is 0.727. The van der Waals surface area contributed by atoms with Gasteiger partial charge in [-0.1, -0.05) is 0 Å². The summed E-state index contributed by atoms with van der Waals surface area (Å²) in [4.78, 5) is 33.6. The van der Waals surface area contributed by atoms with Gasteiger partial charge in [0.2, 0.25) is 6.36 Å². The van der Waals surface area contributed by atoms with Gasteiger partial charge in [-0.2, -0.15) is 0 Å². The molecule has 1 unspecified atom stereocenters. The third kappa shape index (κ3) is 4.47. The van der Waals surface area contributed by atoms with E-state index < -0.39 is 69.9 Å². The zero-order valence-electron chi connectivity index (χ0n) is 12.9. The molecule has 0 aromatic rings. The molecule has 0 spiro atoms. The van der Waals surface area contributed by atoms with E-state index in [0.717, 1.165) is 0 Å². The van der Waals surface area contributed by atoms with E-state index in [-0.39, 0.29) is 0 Å². The summed E-state index contributed by atoms with van der Waals surface area (Å²) >= 11 is 0. The molecule has 4 atom stereocenters. The molecule has 0 saturated carbocycles. The second-order valence-corrected chi connectivity index (χ2v) is 3.62. The Morgan fingerprint density at radius 1 is 1.05 bits per heavy atom. The van der Waals surface area contributed by atoms with E-state index in [9.17, 15) is 18.8 Å². The molecule has 1 fully saturated rings. The van der Waals surface area contributed by atoms with Gasteiger partial charge in [-0.15, -0.1) is 0 Å². The lowest BCUT2D eigenvalue weighted by molar-refractivity contribution is -0.248. The van der Waals surface area contributed by atoms with Crippen molar-refractivity contribution in [2.24, 2.45) is 0 Å². The zero-order valence-corrected chi connectivity index (χ0v) is 9.87. The van der Waals surface area contributed by atoms with Gasteiger partial charge < -0.3 is 18.9 Å². The maximum absolute atomic E-state index is 13.8. The van der Waals surface area contributed by atoms with Crippen LogP contribution in [0.4, 0.5) is 4.39 Å². The van der Waals surface area contributed by atoms with Crippen LogP contribution >= 0.6 is 0 Å². The van der Waals surface area contributed by atoms with Gasteiger partial charge in [0.25, 0.3) is 0 Å². The molecule has 0 amide bonds. The van der Waals surface area contributed by atoms with Gasteiger partial charge in [-0.25, -0.2) is 4.39 Å². The lowest BCUT2D eigenvalue weighted by atomic mass is 10.1. The van der Waals surface area contributed by atoms with Crippen molar-refractivity contribution in [3.63, 3.8) is 0 Å². The predicted molar refractivity (Wildman–Crippen MR) is 57.5 cm³/mol. The summed E-state index contributed by atoms with van der Waals surface area (Å²) in [5.41, 5.74) is 0. The summed E-state index contributed by atoms with van der Waals surface area (Å²) in [6.45, 7) is -2.75. The number of alkyl halides is 1. The molecule has 0 bridgehead atoms. The van der Waals surface area contributed by atoms with E-state index in [1.165, 1.54) is 0 Å². The molecule has 0 radical (unpaired) electrons. The maximum Gasteiger partial charge on any atom is 0.303 e. The van der Waals surface area contributed by atoms with Crippen molar-refractivity contribution in [2.45, 2.75) is 45.4 Å². The van der Waals surface area contributed by atoms with Gasteiger partial charge in [-0.05, 0) is 0 Å². The van der Waals surface area contributed by atoms with E-state index in [0.29, 0.717) is 0 Å². The van der Waals surface area contributed by atoms with E-state index in [1.807, 2.05) is 0 Å². The first-order chi connectivity index (χ1) is 10.4. The summed E-state index contributed by atoms with van der Waals surface area (Å²) in [7, 11) is 0. The van der Waals surface area contributed by atoms with Crippen molar-refractivity contribution in [2.75, 3.05) is 6.61 Å². The summed E-state index contributed by atoms with van der Waals surface area (Å²) < 4.78 is 53.3. The Morgan fingerprint density at radius 3 is 2.16 bits per heavy atom. The second kappa shape index (κ2) is 6.46. The maximum atomic E-state index is 13.8. The number of halogens is 1. The first-order valence-corrected chi connectivity index (χ1v) is 5.14. The summed E-state index contributed by atoms with van der Waals surface area (Å²) in [5.74, 6) is -3.10. The summed E-state index contributed by atoms with van der Waals surface area (Å²) in [5, 5.41) is 0. The Morgan fingerprint density at radius 2 is 1.58 bits per heavy atom. The van der Waals surface area contributed by atoms with Crippen molar-refractivity contribution < 1.29 is 41.8 Å². The monoisotopic (exact) mass is 281 g/mol. The molecule has 1 heterocycles. The number of carbonyl (C=O) groups excluding carboxylic acids is 3. The molecule has 0 aromatic carbocycles. The lowest BCUT2D eigenvalue weighted by Gasteiger charge is -2.37. The molecular weight excluding hydrogens is 263 g/mol. The van der Waals surface area contributed by atoms with Crippen molar-refractivity contribution in [3.05, 3.63) is 0 Å². The van der Waals surface area contributed by atoms with Gasteiger partial charge in [0.1, 0.15) is 0 Å². The molecule has 0 N–H and O–H groups in total. The Balaban J connectivity index is 2.92. The SMILES string of the molecule is [2H]CC(=O)O[C@H]1[C@H](OC(=O)C[2H])COC(F)[C@@H]1OC(=O)C[2H]. The van der Waals surface area contributed by atoms with Crippen LogP contribution in [0.15, 0.2) is 0 Å². The van der Waals surface area contributed by atoms with Crippen LogP contribution in [0.25, 0.3) is 0 Å². The fourth-order valence-electron chi connectivity index (χ4n) is 1.57. The first kappa shape index (κ1) is 11.2.